The molecule has 1 heterocycles. The van der Waals surface area contributed by atoms with Crippen molar-refractivity contribution in [2.45, 2.75) is 69.4 Å². The summed E-state index contributed by atoms with van der Waals surface area (Å²) in [4.78, 5) is 0. The van der Waals surface area contributed by atoms with Crippen molar-refractivity contribution < 1.29 is 45.3 Å². The van der Waals surface area contributed by atoms with Gasteiger partial charge in [0, 0.05) is 25.1 Å². The zero-order chi connectivity index (χ0) is 31.2. The fraction of sp³-hybridized carbons (Fsp3) is 0.438. The van der Waals surface area contributed by atoms with E-state index in [0.29, 0.717) is 43.5 Å². The normalized spacial score (nSPS) is 21.0. The third-order valence-electron chi connectivity index (χ3n) is 7.76. The van der Waals surface area contributed by atoms with Crippen molar-refractivity contribution in [2.75, 3.05) is 13.2 Å². The molecule has 0 bridgehead atoms. The molecule has 234 valence electrons. The molecule has 0 amide bonds. The van der Waals surface area contributed by atoms with Crippen LogP contribution < -0.4 is 5.32 Å². The first-order chi connectivity index (χ1) is 20.4. The fourth-order valence-corrected chi connectivity index (χ4v) is 5.59. The maximum Gasteiger partial charge on any atom is 0.416 e. The number of rotatable bonds is 11. The van der Waals surface area contributed by atoms with Gasteiger partial charge in [-0.15, -0.1) is 0 Å². The lowest BCUT2D eigenvalue weighted by molar-refractivity contribution is -0.212. The Hall–Kier alpha value is -2.99. The molecule has 1 fully saturated rings. The largest absolute Gasteiger partial charge is 0.416 e. The van der Waals surface area contributed by atoms with Crippen LogP contribution in [0.5, 0.6) is 0 Å². The molecule has 0 aromatic heterocycles. The first kappa shape index (κ1) is 32.9. The highest BCUT2D eigenvalue weighted by molar-refractivity contribution is 5.35. The van der Waals surface area contributed by atoms with E-state index in [1.807, 2.05) is 30.3 Å². The molecular formula is C32H34F7NO3. The van der Waals surface area contributed by atoms with Gasteiger partial charge in [0.2, 0.25) is 0 Å². The van der Waals surface area contributed by atoms with E-state index in [0.717, 1.165) is 5.56 Å². The van der Waals surface area contributed by atoms with Gasteiger partial charge in [0.1, 0.15) is 5.82 Å². The lowest BCUT2D eigenvalue weighted by atomic mass is 9.76. The molecule has 2 N–H and O–H groups in total. The summed E-state index contributed by atoms with van der Waals surface area (Å²) >= 11 is 0. The molecule has 1 saturated heterocycles. The van der Waals surface area contributed by atoms with Gasteiger partial charge in [0.05, 0.1) is 23.8 Å². The molecule has 4 nitrogen and oxygen atoms in total. The molecule has 3 aromatic rings. The van der Waals surface area contributed by atoms with Crippen molar-refractivity contribution in [3.8, 4) is 0 Å². The first-order valence-corrected chi connectivity index (χ1v) is 14.1. The van der Waals surface area contributed by atoms with Crippen LogP contribution in [0.1, 0.15) is 66.0 Å². The van der Waals surface area contributed by atoms with Crippen LogP contribution in [-0.4, -0.2) is 30.7 Å². The predicted molar refractivity (Wildman–Crippen MR) is 146 cm³/mol. The van der Waals surface area contributed by atoms with E-state index in [1.165, 1.54) is 19.1 Å². The second-order valence-electron chi connectivity index (χ2n) is 10.7. The molecule has 0 saturated carbocycles. The lowest BCUT2D eigenvalue weighted by Gasteiger charge is -2.43. The number of nitrogens with one attached hydrogen (secondary N) is 1. The van der Waals surface area contributed by atoms with Gasteiger partial charge in [0.25, 0.3) is 0 Å². The summed E-state index contributed by atoms with van der Waals surface area (Å²) in [5, 5.41) is 13.1. The smallest absolute Gasteiger partial charge is 0.396 e. The minimum Gasteiger partial charge on any atom is -0.396 e. The minimum absolute atomic E-state index is 0.0397. The molecule has 43 heavy (non-hydrogen) atoms. The van der Waals surface area contributed by atoms with Gasteiger partial charge in [-0.1, -0.05) is 42.5 Å². The Morgan fingerprint density at radius 3 is 2.14 bits per heavy atom. The van der Waals surface area contributed by atoms with Gasteiger partial charge >= 0.3 is 12.4 Å². The lowest BCUT2D eigenvalue weighted by Crippen LogP contribution is -2.47. The molecule has 11 heteroatoms. The molecule has 4 rings (SSSR count). The van der Waals surface area contributed by atoms with Crippen LogP contribution in [0, 0.1) is 11.7 Å². The summed E-state index contributed by atoms with van der Waals surface area (Å²) in [6.45, 7) is 2.08. The minimum atomic E-state index is -5.00. The molecule has 5 atom stereocenters. The van der Waals surface area contributed by atoms with Crippen LogP contribution >= 0.6 is 0 Å². The van der Waals surface area contributed by atoms with Crippen molar-refractivity contribution in [3.63, 3.8) is 0 Å². The molecule has 0 spiro atoms. The summed E-state index contributed by atoms with van der Waals surface area (Å²) < 4.78 is 107. The third kappa shape index (κ3) is 8.78. The summed E-state index contributed by atoms with van der Waals surface area (Å²) in [5.41, 5.74) is -1.48. The standard InChI is InChI=1S/C32H34F7NO3/c1-20(23-16-24(31(34,35)36)18-25(17-23)32(37,38)39)43-30-29(22-9-11-26(33)12-10-22)27(13-15-42-30)28(8-5-14-41)40-19-21-6-3-2-4-7-21/h2-4,6-7,9-12,16-18,20,27-30,40-41H,5,8,13-15,19H2,1H3. The number of benzene rings is 3. The summed E-state index contributed by atoms with van der Waals surface area (Å²) in [5.74, 6) is -1.19. The molecule has 3 aromatic carbocycles. The van der Waals surface area contributed by atoms with Crippen LogP contribution in [0.4, 0.5) is 30.7 Å². The molecule has 5 unspecified atom stereocenters. The van der Waals surface area contributed by atoms with Crippen LogP contribution in [0.2, 0.25) is 0 Å². The topological polar surface area (TPSA) is 50.7 Å². The number of hydrogen-bond donors (Lipinski definition) is 2. The van der Waals surface area contributed by atoms with Gasteiger partial charge in [-0.2, -0.15) is 26.3 Å². The second-order valence-corrected chi connectivity index (χ2v) is 10.7. The van der Waals surface area contributed by atoms with Crippen molar-refractivity contribution in [3.05, 3.63) is 106 Å². The highest BCUT2D eigenvalue weighted by Gasteiger charge is 2.42. The highest BCUT2D eigenvalue weighted by atomic mass is 19.4. The molecule has 0 radical (unpaired) electrons. The number of alkyl halides is 6. The zero-order valence-electron chi connectivity index (χ0n) is 23.5. The molecule has 0 aliphatic carbocycles. The summed E-state index contributed by atoms with van der Waals surface area (Å²) in [7, 11) is 0. The highest BCUT2D eigenvalue weighted by Crippen LogP contribution is 2.43. The average molecular weight is 614 g/mol. The van der Waals surface area contributed by atoms with E-state index in [9.17, 15) is 35.8 Å². The van der Waals surface area contributed by atoms with E-state index >= 15 is 0 Å². The van der Waals surface area contributed by atoms with Crippen LogP contribution in [0.25, 0.3) is 0 Å². The van der Waals surface area contributed by atoms with E-state index in [4.69, 9.17) is 9.47 Å². The summed E-state index contributed by atoms with van der Waals surface area (Å²) in [6.07, 6.45) is -10.6. The molecular weight excluding hydrogens is 579 g/mol. The summed E-state index contributed by atoms with van der Waals surface area (Å²) in [6, 6.07) is 16.6. The van der Waals surface area contributed by atoms with Crippen molar-refractivity contribution >= 4 is 0 Å². The Labute approximate surface area is 245 Å². The number of halogens is 7. The Kier molecular flexibility index (Phi) is 10.9. The average Bonchev–Trinajstić information content (AvgIpc) is 2.97. The van der Waals surface area contributed by atoms with Gasteiger partial charge < -0.3 is 19.9 Å². The fourth-order valence-electron chi connectivity index (χ4n) is 5.59. The van der Waals surface area contributed by atoms with Crippen molar-refractivity contribution in [2.24, 2.45) is 5.92 Å². The van der Waals surface area contributed by atoms with Gasteiger partial charge in [0.15, 0.2) is 6.29 Å². The van der Waals surface area contributed by atoms with E-state index in [2.05, 4.69) is 5.32 Å². The van der Waals surface area contributed by atoms with Crippen LogP contribution in [0.3, 0.4) is 0 Å². The van der Waals surface area contributed by atoms with E-state index in [1.54, 1.807) is 12.1 Å². The van der Waals surface area contributed by atoms with Crippen LogP contribution in [-0.2, 0) is 28.4 Å². The van der Waals surface area contributed by atoms with E-state index in [-0.39, 0.29) is 36.8 Å². The Bertz CT molecular complexity index is 1270. The second kappa shape index (κ2) is 14.2. The SMILES string of the molecule is CC(OC1OCCC(C(CCCO)NCc2ccccc2)C1c1ccc(F)cc1)c1cc(C(F)(F)F)cc(C(F)(F)F)c1. The van der Waals surface area contributed by atoms with Gasteiger partial charge in [-0.3, -0.25) is 0 Å². The Morgan fingerprint density at radius 1 is 0.930 bits per heavy atom. The van der Waals surface area contributed by atoms with Gasteiger partial charge in [-0.25, -0.2) is 4.39 Å². The van der Waals surface area contributed by atoms with Crippen LogP contribution in [0.15, 0.2) is 72.8 Å². The predicted octanol–water partition coefficient (Wildman–Crippen LogP) is 8.02. The van der Waals surface area contributed by atoms with Crippen molar-refractivity contribution in [1.82, 2.24) is 5.32 Å². The molecule has 1 aliphatic rings. The number of ether oxygens (including phenoxy) is 2. The zero-order valence-corrected chi connectivity index (χ0v) is 23.5. The Balaban J connectivity index is 1.67. The third-order valence-corrected chi connectivity index (χ3v) is 7.76. The number of aliphatic hydroxyl groups is 1. The monoisotopic (exact) mass is 613 g/mol. The van der Waals surface area contributed by atoms with E-state index < -0.39 is 47.6 Å². The maximum atomic E-state index is 13.9. The Morgan fingerprint density at radius 2 is 1.56 bits per heavy atom. The molecule has 1 aliphatic heterocycles. The van der Waals surface area contributed by atoms with Gasteiger partial charge in [-0.05, 0) is 79.1 Å². The quantitative estimate of drug-likeness (QED) is 0.215. The maximum absolute atomic E-state index is 13.9. The first-order valence-electron chi connectivity index (χ1n) is 14.1. The van der Waals surface area contributed by atoms with Crippen molar-refractivity contribution in [1.29, 1.82) is 0 Å². The number of hydrogen-bond acceptors (Lipinski definition) is 4. The number of aliphatic hydroxyl groups excluding tert-OH is 1.